The summed E-state index contributed by atoms with van der Waals surface area (Å²) in [5, 5.41) is 0. The summed E-state index contributed by atoms with van der Waals surface area (Å²) < 4.78 is 41.1. The van der Waals surface area contributed by atoms with Crippen molar-refractivity contribution in [1.82, 2.24) is 4.31 Å². The normalized spacial score (nSPS) is 11.3. The number of sulfonamides is 1. The van der Waals surface area contributed by atoms with Crippen LogP contribution in [0.15, 0.2) is 47.4 Å². The molecule has 0 bridgehead atoms. The molecule has 0 atom stereocenters. The number of hydrogen-bond acceptors (Lipinski definition) is 6. The zero-order valence-corrected chi connectivity index (χ0v) is 15.9. The smallest absolute Gasteiger partial charge is 0.338 e. The van der Waals surface area contributed by atoms with Gasteiger partial charge in [-0.2, -0.15) is 0 Å². The average molecular weight is 379 g/mol. The highest BCUT2D eigenvalue weighted by Gasteiger charge is 2.19. The summed E-state index contributed by atoms with van der Waals surface area (Å²) in [6, 6.07) is 10.9. The quantitative estimate of drug-likeness (QED) is 0.687. The zero-order chi connectivity index (χ0) is 19.3. The number of nitrogens with zero attached hydrogens (tertiary/aromatic N) is 1. The fraction of sp³-hybridized carbons (Fsp3) is 0.278. The number of rotatable bonds is 7. The first-order valence-electron chi connectivity index (χ1n) is 7.70. The van der Waals surface area contributed by atoms with Gasteiger partial charge in [0.2, 0.25) is 10.0 Å². The molecule has 0 aliphatic heterocycles. The molecule has 0 N–H and O–H groups in total. The molecule has 26 heavy (non-hydrogen) atoms. The van der Waals surface area contributed by atoms with Crippen molar-refractivity contribution in [2.45, 2.75) is 11.5 Å². The van der Waals surface area contributed by atoms with Gasteiger partial charge in [0, 0.05) is 19.7 Å². The first-order valence-corrected chi connectivity index (χ1v) is 9.14. The molecule has 2 aromatic rings. The van der Waals surface area contributed by atoms with Gasteiger partial charge in [0.1, 0.15) is 18.1 Å². The van der Waals surface area contributed by atoms with Crippen LogP contribution in [0.2, 0.25) is 0 Å². The van der Waals surface area contributed by atoms with Gasteiger partial charge in [0.05, 0.1) is 24.7 Å². The van der Waals surface area contributed by atoms with Crippen molar-refractivity contribution in [3.8, 4) is 11.5 Å². The molecule has 0 spiro atoms. The van der Waals surface area contributed by atoms with Gasteiger partial charge >= 0.3 is 5.97 Å². The van der Waals surface area contributed by atoms with Crippen LogP contribution >= 0.6 is 0 Å². The molecule has 0 aliphatic carbocycles. The minimum Gasteiger partial charge on any atom is -0.497 e. The van der Waals surface area contributed by atoms with E-state index >= 15 is 0 Å². The molecule has 2 aromatic carbocycles. The highest BCUT2D eigenvalue weighted by molar-refractivity contribution is 7.89. The Balaban J connectivity index is 2.19. The summed E-state index contributed by atoms with van der Waals surface area (Å²) in [5.74, 6) is 0.532. The molecule has 0 radical (unpaired) electrons. The van der Waals surface area contributed by atoms with Gasteiger partial charge in [-0.3, -0.25) is 0 Å². The Morgan fingerprint density at radius 3 is 2.38 bits per heavy atom. The second-order valence-corrected chi connectivity index (χ2v) is 7.72. The van der Waals surface area contributed by atoms with E-state index in [0.29, 0.717) is 17.1 Å². The average Bonchev–Trinajstić information content (AvgIpc) is 2.65. The van der Waals surface area contributed by atoms with Crippen LogP contribution in [0.1, 0.15) is 15.9 Å². The van der Waals surface area contributed by atoms with Gasteiger partial charge in [-0.15, -0.1) is 0 Å². The van der Waals surface area contributed by atoms with Crippen LogP contribution in [0.25, 0.3) is 0 Å². The van der Waals surface area contributed by atoms with Crippen LogP contribution < -0.4 is 9.47 Å². The lowest BCUT2D eigenvalue weighted by Crippen LogP contribution is -2.22. The number of esters is 1. The summed E-state index contributed by atoms with van der Waals surface area (Å²) in [7, 11) is 2.27. The summed E-state index contributed by atoms with van der Waals surface area (Å²) in [6.07, 6.45) is 0. The molecular formula is C18H21NO6S. The van der Waals surface area contributed by atoms with E-state index in [1.54, 1.807) is 18.2 Å². The Morgan fingerprint density at radius 2 is 1.77 bits per heavy atom. The molecule has 2 rings (SSSR count). The largest absolute Gasteiger partial charge is 0.497 e. The SMILES string of the molecule is COc1ccc(OC)c(COC(=O)c2cccc(S(=O)(=O)N(C)C)c2)c1. The number of methoxy groups -OCH3 is 2. The first-order chi connectivity index (χ1) is 12.3. The number of benzene rings is 2. The zero-order valence-electron chi connectivity index (χ0n) is 15.1. The molecule has 0 saturated heterocycles. The van der Waals surface area contributed by atoms with Crippen LogP contribution in [0, 0.1) is 0 Å². The molecule has 0 heterocycles. The first kappa shape index (κ1) is 19.7. The summed E-state index contributed by atoms with van der Waals surface area (Å²) in [6.45, 7) is -0.0378. The van der Waals surface area contributed by atoms with E-state index in [0.717, 1.165) is 4.31 Å². The highest BCUT2D eigenvalue weighted by atomic mass is 32.2. The van der Waals surface area contributed by atoms with Crippen LogP contribution in [0.5, 0.6) is 11.5 Å². The molecule has 0 amide bonds. The van der Waals surface area contributed by atoms with E-state index in [1.807, 2.05) is 0 Å². The van der Waals surface area contributed by atoms with E-state index in [2.05, 4.69) is 0 Å². The summed E-state index contributed by atoms with van der Waals surface area (Å²) in [5.41, 5.74) is 0.784. The fourth-order valence-corrected chi connectivity index (χ4v) is 3.16. The number of ether oxygens (including phenoxy) is 3. The maximum Gasteiger partial charge on any atom is 0.338 e. The molecule has 0 aliphatic rings. The third-order valence-electron chi connectivity index (χ3n) is 3.69. The Kier molecular flexibility index (Phi) is 6.23. The molecule has 140 valence electrons. The standard InChI is InChI=1S/C18H21NO6S/c1-19(2)26(21,22)16-7-5-6-13(11-16)18(20)25-12-14-10-15(23-3)8-9-17(14)24-4/h5-11H,12H2,1-4H3. The third kappa shape index (κ3) is 4.33. The van der Waals surface area contributed by atoms with E-state index in [1.165, 1.54) is 52.6 Å². The van der Waals surface area contributed by atoms with Crippen molar-refractivity contribution in [1.29, 1.82) is 0 Å². The Hall–Kier alpha value is -2.58. The predicted octanol–water partition coefficient (Wildman–Crippen LogP) is 2.31. The van der Waals surface area contributed by atoms with Gasteiger partial charge in [-0.25, -0.2) is 17.5 Å². The minimum absolute atomic E-state index is 0.0240. The van der Waals surface area contributed by atoms with E-state index in [-0.39, 0.29) is 17.1 Å². The fourth-order valence-electron chi connectivity index (χ4n) is 2.22. The summed E-state index contributed by atoms with van der Waals surface area (Å²) >= 11 is 0. The molecule has 0 saturated carbocycles. The molecule has 8 heteroatoms. The van der Waals surface area contributed by atoms with E-state index in [4.69, 9.17) is 14.2 Å². The molecular weight excluding hydrogens is 358 g/mol. The van der Waals surface area contributed by atoms with E-state index < -0.39 is 16.0 Å². The van der Waals surface area contributed by atoms with Crippen molar-refractivity contribution in [2.75, 3.05) is 28.3 Å². The van der Waals surface area contributed by atoms with E-state index in [9.17, 15) is 13.2 Å². The van der Waals surface area contributed by atoms with Crippen molar-refractivity contribution in [3.05, 3.63) is 53.6 Å². The van der Waals surface area contributed by atoms with Gasteiger partial charge in [0.15, 0.2) is 0 Å². The lowest BCUT2D eigenvalue weighted by Gasteiger charge is -2.13. The van der Waals surface area contributed by atoms with Crippen LogP contribution in [-0.4, -0.2) is 47.0 Å². The monoisotopic (exact) mass is 379 g/mol. The second-order valence-electron chi connectivity index (χ2n) is 5.57. The summed E-state index contributed by atoms with van der Waals surface area (Å²) in [4.78, 5) is 12.3. The molecule has 0 fully saturated rings. The molecule has 7 nitrogen and oxygen atoms in total. The maximum absolute atomic E-state index is 12.3. The Labute approximate surface area is 153 Å². The third-order valence-corrected chi connectivity index (χ3v) is 5.51. The van der Waals surface area contributed by atoms with Crippen molar-refractivity contribution in [3.63, 3.8) is 0 Å². The Bertz CT molecular complexity index is 892. The van der Waals surface area contributed by atoms with Crippen molar-refractivity contribution < 1.29 is 27.4 Å². The van der Waals surface area contributed by atoms with Crippen molar-refractivity contribution >= 4 is 16.0 Å². The van der Waals surface area contributed by atoms with Crippen molar-refractivity contribution in [2.24, 2.45) is 0 Å². The topological polar surface area (TPSA) is 82.1 Å². The van der Waals surface area contributed by atoms with Crippen LogP contribution in [-0.2, 0) is 21.4 Å². The molecule has 0 unspecified atom stereocenters. The molecule has 0 aromatic heterocycles. The van der Waals surface area contributed by atoms with Crippen LogP contribution in [0.4, 0.5) is 0 Å². The minimum atomic E-state index is -3.63. The predicted molar refractivity (Wildman–Crippen MR) is 96.0 cm³/mol. The van der Waals surface area contributed by atoms with Crippen LogP contribution in [0.3, 0.4) is 0 Å². The number of carbonyl (C=O) groups excluding carboxylic acids is 1. The maximum atomic E-state index is 12.3. The van der Waals surface area contributed by atoms with Gasteiger partial charge in [-0.1, -0.05) is 6.07 Å². The Morgan fingerprint density at radius 1 is 1.04 bits per heavy atom. The van der Waals surface area contributed by atoms with Gasteiger partial charge in [0.25, 0.3) is 0 Å². The highest BCUT2D eigenvalue weighted by Crippen LogP contribution is 2.25. The second kappa shape index (κ2) is 8.20. The number of hydrogen-bond donors (Lipinski definition) is 0. The van der Waals surface area contributed by atoms with Gasteiger partial charge < -0.3 is 14.2 Å². The number of carbonyl (C=O) groups is 1. The lowest BCUT2D eigenvalue weighted by molar-refractivity contribution is 0.0469. The van der Waals surface area contributed by atoms with Gasteiger partial charge in [-0.05, 0) is 36.4 Å². The lowest BCUT2D eigenvalue weighted by atomic mass is 10.2.